The molecule has 0 spiro atoms. The van der Waals surface area contributed by atoms with E-state index in [2.05, 4.69) is 0 Å². The van der Waals surface area contributed by atoms with Crippen LogP contribution in [0.2, 0.25) is 0 Å². The third-order valence-electron chi connectivity index (χ3n) is 4.26. The van der Waals surface area contributed by atoms with Gasteiger partial charge in [-0.2, -0.15) is 8.42 Å². The monoisotopic (exact) mass is 361 g/mol. The van der Waals surface area contributed by atoms with Crippen molar-refractivity contribution in [3.63, 3.8) is 0 Å². The van der Waals surface area contributed by atoms with Crippen LogP contribution in [0.3, 0.4) is 0 Å². The molecule has 0 radical (unpaired) electrons. The molecule has 4 rings (SSSR count). The summed E-state index contributed by atoms with van der Waals surface area (Å²) in [6, 6.07) is 8.12. The number of carbonyl (C=O) groups is 1. The Morgan fingerprint density at radius 2 is 2.00 bits per heavy atom. The summed E-state index contributed by atoms with van der Waals surface area (Å²) >= 11 is 0. The average molecular weight is 361 g/mol. The Balaban J connectivity index is 2.01. The lowest BCUT2D eigenvalue weighted by molar-refractivity contribution is 0.0701. The number of nitrogens with zero attached hydrogens (tertiary/aromatic N) is 1. The minimum Gasteiger partial charge on any atom is -0.496 e. The summed E-state index contributed by atoms with van der Waals surface area (Å²) in [7, 11) is -2.27. The summed E-state index contributed by atoms with van der Waals surface area (Å²) in [5.41, 5.74) is 1.10. The first-order valence-electron chi connectivity index (χ1n) is 7.70. The van der Waals surface area contributed by atoms with Crippen LogP contribution >= 0.6 is 0 Å². The molecule has 0 bridgehead atoms. The largest absolute Gasteiger partial charge is 0.496 e. The van der Waals surface area contributed by atoms with Crippen LogP contribution in [0.5, 0.6) is 11.5 Å². The quantitative estimate of drug-likeness (QED) is 0.702. The van der Waals surface area contributed by atoms with E-state index in [-0.39, 0.29) is 17.1 Å². The molecular formula is C17H15NO6S. The Labute approximate surface area is 143 Å². The highest BCUT2D eigenvalue weighted by molar-refractivity contribution is 7.88. The lowest BCUT2D eigenvalue weighted by Gasteiger charge is -2.09. The number of fused-ring (bicyclic) bond motifs is 3. The van der Waals surface area contributed by atoms with Crippen LogP contribution in [0.1, 0.15) is 23.2 Å². The van der Waals surface area contributed by atoms with Gasteiger partial charge in [-0.15, -0.1) is 0 Å². The van der Waals surface area contributed by atoms with Crippen LogP contribution in [-0.2, 0) is 10.1 Å². The Hall–Kier alpha value is -2.74. The maximum Gasteiger partial charge on any atom is 0.338 e. The molecule has 1 aliphatic rings. The number of hydrogen-bond acceptors (Lipinski definition) is 5. The molecule has 0 amide bonds. The van der Waals surface area contributed by atoms with Gasteiger partial charge < -0.3 is 18.4 Å². The van der Waals surface area contributed by atoms with E-state index in [4.69, 9.17) is 8.92 Å². The third kappa shape index (κ3) is 2.49. The first kappa shape index (κ1) is 15.8. The number of rotatable bonds is 5. The fourth-order valence-corrected chi connectivity index (χ4v) is 4.20. The molecule has 8 heteroatoms. The van der Waals surface area contributed by atoms with Crippen molar-refractivity contribution in [1.29, 1.82) is 0 Å². The minimum absolute atomic E-state index is 0.101. The topological polar surface area (TPSA) is 94.3 Å². The zero-order valence-corrected chi connectivity index (χ0v) is 14.1. The zero-order valence-electron chi connectivity index (χ0n) is 13.3. The number of aromatic nitrogens is 1. The van der Waals surface area contributed by atoms with E-state index in [1.165, 1.54) is 19.2 Å². The van der Waals surface area contributed by atoms with Gasteiger partial charge in [-0.3, -0.25) is 0 Å². The van der Waals surface area contributed by atoms with Gasteiger partial charge in [-0.25, -0.2) is 4.79 Å². The summed E-state index contributed by atoms with van der Waals surface area (Å²) in [4.78, 5) is 11.8. The number of benzene rings is 1. The van der Waals surface area contributed by atoms with E-state index in [1.54, 1.807) is 28.8 Å². The van der Waals surface area contributed by atoms with Gasteiger partial charge in [0.15, 0.2) is 0 Å². The molecule has 2 aromatic heterocycles. The lowest BCUT2D eigenvalue weighted by Crippen LogP contribution is -2.14. The van der Waals surface area contributed by atoms with E-state index in [0.717, 1.165) is 0 Å². The molecule has 0 atom stereocenters. The van der Waals surface area contributed by atoms with Gasteiger partial charge in [0.05, 0.1) is 34.3 Å². The maximum absolute atomic E-state index is 12.1. The second kappa shape index (κ2) is 5.38. The molecule has 1 fully saturated rings. The summed E-state index contributed by atoms with van der Waals surface area (Å²) in [5.74, 6) is -0.729. The van der Waals surface area contributed by atoms with Gasteiger partial charge in [-0.1, -0.05) is 6.07 Å². The fourth-order valence-electron chi connectivity index (χ4n) is 2.99. The van der Waals surface area contributed by atoms with Crippen LogP contribution in [-0.4, -0.2) is 36.3 Å². The molecule has 1 aromatic carbocycles. The van der Waals surface area contributed by atoms with Crippen molar-refractivity contribution in [2.24, 2.45) is 0 Å². The number of pyridine rings is 1. The van der Waals surface area contributed by atoms with Crippen molar-refractivity contribution in [1.82, 2.24) is 4.40 Å². The SMILES string of the molecule is COc1cc(OS(=O)(=O)C2CC2)cc2c1c(C(=O)O)c1ccccn12. The molecule has 0 saturated heterocycles. The van der Waals surface area contributed by atoms with Crippen LogP contribution < -0.4 is 8.92 Å². The molecule has 2 heterocycles. The highest BCUT2D eigenvalue weighted by atomic mass is 32.2. The average Bonchev–Trinajstić information content (AvgIpc) is 3.37. The number of ether oxygens (including phenoxy) is 1. The van der Waals surface area contributed by atoms with Gasteiger partial charge in [0.25, 0.3) is 0 Å². The van der Waals surface area contributed by atoms with E-state index in [9.17, 15) is 18.3 Å². The summed E-state index contributed by atoms with van der Waals surface area (Å²) < 4.78 is 36.5. The van der Waals surface area contributed by atoms with Crippen molar-refractivity contribution in [2.75, 3.05) is 7.11 Å². The standard InChI is InChI=1S/C17H15NO6S/c1-23-14-9-10(24-25(21,22)11-5-6-11)8-13-15(14)16(17(19)20)12-4-2-3-7-18(12)13/h2-4,7-9,11H,5-6H2,1H3,(H,19,20). The van der Waals surface area contributed by atoms with E-state index in [0.29, 0.717) is 29.3 Å². The van der Waals surface area contributed by atoms with Crippen molar-refractivity contribution in [3.05, 3.63) is 42.1 Å². The molecule has 1 N–H and O–H groups in total. The normalized spacial score (nSPS) is 14.8. The Bertz CT molecular complexity index is 1110. The molecule has 25 heavy (non-hydrogen) atoms. The predicted octanol–water partition coefficient (Wildman–Crippen LogP) is 2.67. The molecule has 1 saturated carbocycles. The Morgan fingerprint density at radius 3 is 2.64 bits per heavy atom. The van der Waals surface area contributed by atoms with E-state index in [1.807, 2.05) is 0 Å². The van der Waals surface area contributed by atoms with Gasteiger partial charge >= 0.3 is 16.1 Å². The smallest absolute Gasteiger partial charge is 0.338 e. The fraction of sp³-hybridized carbons (Fsp3) is 0.235. The highest BCUT2D eigenvalue weighted by Crippen LogP contribution is 2.39. The van der Waals surface area contributed by atoms with Gasteiger partial charge in [-0.05, 0) is 25.0 Å². The van der Waals surface area contributed by atoms with Crippen molar-refractivity contribution in [2.45, 2.75) is 18.1 Å². The Morgan fingerprint density at radius 1 is 1.24 bits per heavy atom. The Kier molecular flexibility index (Phi) is 3.40. The second-order valence-electron chi connectivity index (χ2n) is 5.93. The van der Waals surface area contributed by atoms with Gasteiger partial charge in [0.2, 0.25) is 0 Å². The summed E-state index contributed by atoms with van der Waals surface area (Å²) in [5, 5.41) is 9.57. The first-order chi connectivity index (χ1) is 11.9. The van der Waals surface area contributed by atoms with Gasteiger partial charge in [0, 0.05) is 18.3 Å². The van der Waals surface area contributed by atoms with Crippen LogP contribution in [0.15, 0.2) is 36.5 Å². The first-order valence-corrected chi connectivity index (χ1v) is 9.17. The van der Waals surface area contributed by atoms with Crippen LogP contribution in [0.4, 0.5) is 0 Å². The summed E-state index contributed by atoms with van der Waals surface area (Å²) in [6.45, 7) is 0. The number of carboxylic acid groups (broad SMARTS) is 1. The highest BCUT2D eigenvalue weighted by Gasteiger charge is 2.38. The molecular weight excluding hydrogens is 346 g/mol. The zero-order chi connectivity index (χ0) is 17.8. The molecule has 1 aliphatic carbocycles. The predicted molar refractivity (Wildman–Crippen MR) is 91.0 cm³/mol. The van der Waals surface area contributed by atoms with Crippen molar-refractivity contribution >= 4 is 32.5 Å². The maximum atomic E-state index is 12.1. The van der Waals surface area contributed by atoms with Crippen molar-refractivity contribution < 1.29 is 27.2 Å². The molecule has 7 nitrogen and oxygen atoms in total. The van der Waals surface area contributed by atoms with Crippen LogP contribution in [0, 0.1) is 0 Å². The van der Waals surface area contributed by atoms with E-state index >= 15 is 0 Å². The molecule has 0 unspecified atom stereocenters. The second-order valence-corrected chi connectivity index (χ2v) is 7.75. The number of aromatic carboxylic acids is 1. The van der Waals surface area contributed by atoms with E-state index < -0.39 is 21.3 Å². The summed E-state index contributed by atoms with van der Waals surface area (Å²) in [6.07, 6.45) is 2.90. The third-order valence-corrected chi connectivity index (χ3v) is 5.97. The molecule has 3 aromatic rings. The number of methoxy groups -OCH3 is 1. The van der Waals surface area contributed by atoms with Gasteiger partial charge in [0.1, 0.15) is 11.5 Å². The number of carboxylic acids is 1. The van der Waals surface area contributed by atoms with Crippen molar-refractivity contribution in [3.8, 4) is 11.5 Å². The lowest BCUT2D eigenvalue weighted by atomic mass is 10.1. The minimum atomic E-state index is -3.68. The molecule has 130 valence electrons. The number of hydrogen-bond donors (Lipinski definition) is 1. The molecule has 0 aliphatic heterocycles. The van der Waals surface area contributed by atoms with Crippen LogP contribution in [0.25, 0.3) is 16.4 Å².